The Balaban J connectivity index is 2.19. The molecule has 16 heavy (non-hydrogen) atoms. The third kappa shape index (κ3) is 4.45. The molecule has 2 unspecified atom stereocenters. The minimum atomic E-state index is -1.14. The Hall–Kier alpha value is -1.34. The summed E-state index contributed by atoms with van der Waals surface area (Å²) in [5.74, 6) is -1.14. The lowest BCUT2D eigenvalue weighted by molar-refractivity contribution is -0.144. The molecule has 1 saturated carbocycles. The molecule has 1 aliphatic carbocycles. The van der Waals surface area contributed by atoms with E-state index in [9.17, 15) is 9.59 Å². The smallest absolute Gasteiger partial charge is 0.338 e. The van der Waals surface area contributed by atoms with Crippen LogP contribution < -0.4 is 16.5 Å². The molecule has 0 aliphatic heterocycles. The third-order valence-corrected chi connectivity index (χ3v) is 2.50. The van der Waals surface area contributed by atoms with E-state index in [-0.39, 0.29) is 12.1 Å². The maximum atomic E-state index is 11.2. The monoisotopic (exact) mass is 231 g/mol. The fraction of sp³-hybridized carbons (Fsp3) is 0.778. The number of carbonyl (C=O) groups is 2. The van der Waals surface area contributed by atoms with Gasteiger partial charge in [-0.1, -0.05) is 12.8 Å². The summed E-state index contributed by atoms with van der Waals surface area (Å²) < 4.78 is 0. The third-order valence-electron chi connectivity index (χ3n) is 2.50. The van der Waals surface area contributed by atoms with Gasteiger partial charge in [0.1, 0.15) is 0 Å². The van der Waals surface area contributed by atoms with Crippen LogP contribution in [0.1, 0.15) is 25.7 Å². The maximum absolute atomic E-state index is 11.2. The zero-order valence-electron chi connectivity index (χ0n) is 8.94. The highest BCUT2D eigenvalue weighted by Gasteiger charge is 2.23. The highest BCUT2D eigenvalue weighted by atomic mass is 16.7. The molecule has 1 rings (SSSR count). The van der Waals surface area contributed by atoms with Crippen molar-refractivity contribution in [2.24, 2.45) is 5.73 Å². The van der Waals surface area contributed by atoms with Gasteiger partial charge in [0.2, 0.25) is 0 Å². The first-order valence-corrected chi connectivity index (χ1v) is 5.25. The number of hydroxylamine groups is 1. The molecular weight excluding hydrogens is 214 g/mol. The van der Waals surface area contributed by atoms with Gasteiger partial charge in [-0.15, -0.1) is 0 Å². The Kier molecular flexibility index (Phi) is 5.00. The summed E-state index contributed by atoms with van der Waals surface area (Å²) in [6.07, 6.45) is 3.85. The van der Waals surface area contributed by atoms with E-state index in [1.165, 1.54) is 0 Å². The number of carboxylic acid groups (broad SMARTS) is 1. The molecule has 0 saturated heterocycles. The van der Waals surface area contributed by atoms with Gasteiger partial charge in [-0.25, -0.2) is 15.1 Å². The Labute approximate surface area is 93.3 Å². The molecule has 2 amide bonds. The normalized spacial score (nSPS) is 24.8. The standard InChI is InChI=1S/C9H17N3O4/c10-6-3-1-2-4-7(6)11-9(15)12-16-5-8(13)14/h6-7H,1-5,10H2,(H,13,14)(H2,11,12,15). The van der Waals surface area contributed by atoms with Gasteiger partial charge in [0.05, 0.1) is 0 Å². The van der Waals surface area contributed by atoms with Crippen molar-refractivity contribution >= 4 is 12.0 Å². The minimum absolute atomic E-state index is 0.0426. The van der Waals surface area contributed by atoms with Crippen molar-refractivity contribution in [1.29, 1.82) is 0 Å². The number of hydrogen-bond acceptors (Lipinski definition) is 4. The van der Waals surface area contributed by atoms with Crippen molar-refractivity contribution in [2.45, 2.75) is 37.8 Å². The number of carbonyl (C=O) groups excluding carboxylic acids is 1. The van der Waals surface area contributed by atoms with Crippen LogP contribution in [0.5, 0.6) is 0 Å². The van der Waals surface area contributed by atoms with E-state index in [1.807, 2.05) is 5.48 Å². The Morgan fingerprint density at radius 1 is 1.38 bits per heavy atom. The molecule has 0 radical (unpaired) electrons. The second-order valence-electron chi connectivity index (χ2n) is 3.81. The number of carboxylic acids is 1. The number of amides is 2. The van der Waals surface area contributed by atoms with E-state index in [2.05, 4.69) is 10.2 Å². The average molecular weight is 231 g/mol. The van der Waals surface area contributed by atoms with E-state index in [4.69, 9.17) is 10.8 Å². The van der Waals surface area contributed by atoms with Gasteiger partial charge in [-0.05, 0) is 12.8 Å². The van der Waals surface area contributed by atoms with E-state index in [1.54, 1.807) is 0 Å². The van der Waals surface area contributed by atoms with Crippen LogP contribution in [-0.4, -0.2) is 35.8 Å². The number of nitrogens with one attached hydrogen (secondary N) is 2. The number of hydrogen-bond donors (Lipinski definition) is 4. The van der Waals surface area contributed by atoms with Crippen molar-refractivity contribution in [1.82, 2.24) is 10.8 Å². The highest BCUT2D eigenvalue weighted by molar-refractivity contribution is 5.73. The van der Waals surface area contributed by atoms with Crippen LogP contribution in [0.25, 0.3) is 0 Å². The molecule has 1 aliphatic rings. The molecule has 7 heteroatoms. The molecule has 5 N–H and O–H groups in total. The van der Waals surface area contributed by atoms with Gasteiger partial charge in [0.15, 0.2) is 6.61 Å². The average Bonchev–Trinajstić information content (AvgIpc) is 2.21. The molecule has 92 valence electrons. The number of rotatable bonds is 4. The molecule has 0 heterocycles. The zero-order chi connectivity index (χ0) is 12.0. The first-order valence-electron chi connectivity index (χ1n) is 5.25. The zero-order valence-corrected chi connectivity index (χ0v) is 8.94. The van der Waals surface area contributed by atoms with Gasteiger partial charge < -0.3 is 16.2 Å². The lowest BCUT2D eigenvalue weighted by atomic mass is 9.91. The van der Waals surface area contributed by atoms with Crippen molar-refractivity contribution < 1.29 is 19.5 Å². The van der Waals surface area contributed by atoms with Crippen molar-refractivity contribution in [3.8, 4) is 0 Å². The van der Waals surface area contributed by atoms with Gasteiger partial charge >= 0.3 is 12.0 Å². The number of aliphatic carboxylic acids is 1. The molecule has 0 aromatic carbocycles. The van der Waals surface area contributed by atoms with E-state index in [0.717, 1.165) is 25.7 Å². The van der Waals surface area contributed by atoms with Crippen LogP contribution in [0.15, 0.2) is 0 Å². The topological polar surface area (TPSA) is 114 Å². The van der Waals surface area contributed by atoms with E-state index in [0.29, 0.717) is 0 Å². The molecule has 1 fully saturated rings. The Bertz CT molecular complexity index is 259. The van der Waals surface area contributed by atoms with Crippen molar-refractivity contribution in [3.63, 3.8) is 0 Å². The fourth-order valence-electron chi connectivity index (χ4n) is 1.70. The van der Waals surface area contributed by atoms with Crippen molar-refractivity contribution in [2.75, 3.05) is 6.61 Å². The lowest BCUT2D eigenvalue weighted by Gasteiger charge is -2.29. The van der Waals surface area contributed by atoms with Gasteiger partial charge in [-0.2, -0.15) is 0 Å². The summed E-state index contributed by atoms with van der Waals surface area (Å²) in [5.41, 5.74) is 7.82. The van der Waals surface area contributed by atoms with Crippen LogP contribution >= 0.6 is 0 Å². The molecule has 0 aromatic heterocycles. The molecular formula is C9H17N3O4. The second kappa shape index (κ2) is 6.29. The molecule has 0 spiro atoms. The lowest BCUT2D eigenvalue weighted by Crippen LogP contribution is -2.52. The summed E-state index contributed by atoms with van der Waals surface area (Å²) >= 11 is 0. The molecule has 0 bridgehead atoms. The summed E-state index contributed by atoms with van der Waals surface area (Å²) in [5, 5.41) is 10.9. The van der Waals surface area contributed by atoms with Crippen molar-refractivity contribution in [3.05, 3.63) is 0 Å². The molecule has 2 atom stereocenters. The molecule has 0 aromatic rings. The van der Waals surface area contributed by atoms with Crippen LogP contribution in [-0.2, 0) is 9.63 Å². The SMILES string of the molecule is NC1CCCCC1NC(=O)NOCC(=O)O. The van der Waals surface area contributed by atoms with E-state index < -0.39 is 18.6 Å². The Morgan fingerprint density at radius 2 is 2.06 bits per heavy atom. The fourth-order valence-corrected chi connectivity index (χ4v) is 1.70. The maximum Gasteiger partial charge on any atom is 0.338 e. The predicted octanol–water partition coefficient (Wildman–Crippen LogP) is -0.428. The first kappa shape index (κ1) is 12.7. The summed E-state index contributed by atoms with van der Waals surface area (Å²) in [7, 11) is 0. The van der Waals surface area contributed by atoms with Gasteiger partial charge in [-0.3, -0.25) is 4.84 Å². The summed E-state index contributed by atoms with van der Waals surface area (Å²) in [6.45, 7) is -0.565. The summed E-state index contributed by atoms with van der Waals surface area (Å²) in [4.78, 5) is 25.8. The minimum Gasteiger partial charge on any atom is -0.479 e. The van der Waals surface area contributed by atoms with Crippen LogP contribution in [0.2, 0.25) is 0 Å². The quantitative estimate of drug-likeness (QED) is 0.490. The highest BCUT2D eigenvalue weighted by Crippen LogP contribution is 2.16. The Morgan fingerprint density at radius 3 is 2.69 bits per heavy atom. The van der Waals surface area contributed by atoms with Gasteiger partial charge in [0.25, 0.3) is 0 Å². The second-order valence-corrected chi connectivity index (χ2v) is 3.81. The molecule has 7 nitrogen and oxygen atoms in total. The van der Waals surface area contributed by atoms with Crippen LogP contribution in [0.3, 0.4) is 0 Å². The van der Waals surface area contributed by atoms with E-state index >= 15 is 0 Å². The van der Waals surface area contributed by atoms with Crippen LogP contribution in [0.4, 0.5) is 4.79 Å². The predicted molar refractivity (Wildman–Crippen MR) is 55.5 cm³/mol. The largest absolute Gasteiger partial charge is 0.479 e. The number of nitrogens with two attached hydrogens (primary N) is 1. The first-order chi connectivity index (χ1) is 7.59. The summed E-state index contributed by atoms with van der Waals surface area (Å²) in [6, 6.07) is -0.662. The number of urea groups is 1. The van der Waals surface area contributed by atoms with Gasteiger partial charge in [0, 0.05) is 12.1 Å². The van der Waals surface area contributed by atoms with Crippen LogP contribution in [0, 0.1) is 0 Å².